The number of rotatable bonds is 5. The molecular weight excluding hydrogens is 254 g/mol. The van der Waals surface area contributed by atoms with E-state index in [1.165, 1.54) is 0 Å². The Hall–Kier alpha value is -0.540. The molecule has 0 atom stereocenters. The third-order valence-electron chi connectivity index (χ3n) is 2.41. The van der Waals surface area contributed by atoms with Crippen molar-refractivity contribution in [3.63, 3.8) is 0 Å². The molecule has 0 spiro atoms. The van der Waals surface area contributed by atoms with E-state index in [0.717, 1.165) is 16.6 Å². The fourth-order valence-electron chi connectivity index (χ4n) is 1.08. The molecule has 0 aliphatic rings. The highest BCUT2D eigenvalue weighted by Crippen LogP contribution is 2.20. The van der Waals surface area contributed by atoms with Crippen LogP contribution in [-0.4, -0.2) is 13.2 Å². The molecule has 1 aromatic rings. The molecule has 0 aliphatic heterocycles. The van der Waals surface area contributed by atoms with Crippen molar-refractivity contribution in [2.24, 2.45) is 11.1 Å². The van der Waals surface area contributed by atoms with E-state index < -0.39 is 0 Å². The average molecular weight is 272 g/mol. The fourth-order valence-corrected chi connectivity index (χ4v) is 1.34. The van der Waals surface area contributed by atoms with Crippen LogP contribution in [0.5, 0.6) is 5.75 Å². The van der Waals surface area contributed by atoms with Crippen LogP contribution in [0.3, 0.4) is 0 Å². The first-order chi connectivity index (χ1) is 7.03. The maximum absolute atomic E-state index is 5.64. The van der Waals surface area contributed by atoms with E-state index in [9.17, 15) is 0 Å². The standard InChI is InChI=1S/C12H18BrNO/c1-12(2,9-14)7-8-15-11-5-3-10(13)4-6-11/h3-6H,7-9,14H2,1-2H3. The lowest BCUT2D eigenvalue weighted by atomic mass is 9.90. The molecule has 2 nitrogen and oxygen atoms in total. The summed E-state index contributed by atoms with van der Waals surface area (Å²) in [6.07, 6.45) is 0.972. The van der Waals surface area contributed by atoms with Gasteiger partial charge in [0.05, 0.1) is 6.61 Å². The van der Waals surface area contributed by atoms with Gasteiger partial charge in [0.15, 0.2) is 0 Å². The van der Waals surface area contributed by atoms with Gasteiger partial charge in [0.2, 0.25) is 0 Å². The Kier molecular flexibility index (Phi) is 4.61. The lowest BCUT2D eigenvalue weighted by Gasteiger charge is -2.21. The largest absolute Gasteiger partial charge is 0.494 e. The van der Waals surface area contributed by atoms with E-state index >= 15 is 0 Å². The molecule has 0 heterocycles. The molecule has 84 valence electrons. The minimum Gasteiger partial charge on any atom is -0.494 e. The zero-order chi connectivity index (χ0) is 11.3. The third-order valence-corrected chi connectivity index (χ3v) is 2.94. The summed E-state index contributed by atoms with van der Waals surface area (Å²) in [4.78, 5) is 0. The van der Waals surface area contributed by atoms with Gasteiger partial charge >= 0.3 is 0 Å². The lowest BCUT2D eigenvalue weighted by molar-refractivity contribution is 0.233. The summed E-state index contributed by atoms with van der Waals surface area (Å²) in [5.74, 6) is 0.908. The fraction of sp³-hybridized carbons (Fsp3) is 0.500. The molecule has 0 unspecified atom stereocenters. The van der Waals surface area contributed by atoms with Gasteiger partial charge in [-0.3, -0.25) is 0 Å². The zero-order valence-electron chi connectivity index (χ0n) is 9.29. The van der Waals surface area contributed by atoms with Crippen molar-refractivity contribution in [2.45, 2.75) is 20.3 Å². The summed E-state index contributed by atoms with van der Waals surface area (Å²) in [5.41, 5.74) is 5.81. The molecular formula is C12H18BrNO. The van der Waals surface area contributed by atoms with Gasteiger partial charge in [-0.05, 0) is 42.6 Å². The molecule has 0 bridgehead atoms. The Bertz CT molecular complexity index is 295. The highest BCUT2D eigenvalue weighted by atomic mass is 79.9. The molecule has 0 fully saturated rings. The molecule has 15 heavy (non-hydrogen) atoms. The Balaban J connectivity index is 2.35. The summed E-state index contributed by atoms with van der Waals surface area (Å²) in [6.45, 7) is 5.71. The van der Waals surface area contributed by atoms with Gasteiger partial charge in [-0.15, -0.1) is 0 Å². The molecule has 3 heteroatoms. The second kappa shape index (κ2) is 5.52. The molecule has 0 amide bonds. The first-order valence-electron chi connectivity index (χ1n) is 5.12. The van der Waals surface area contributed by atoms with Gasteiger partial charge in [0, 0.05) is 4.47 Å². The van der Waals surface area contributed by atoms with Crippen LogP contribution < -0.4 is 10.5 Å². The van der Waals surface area contributed by atoms with Gasteiger partial charge in [0.25, 0.3) is 0 Å². The first kappa shape index (κ1) is 12.5. The smallest absolute Gasteiger partial charge is 0.119 e. The number of halogens is 1. The van der Waals surface area contributed by atoms with Crippen molar-refractivity contribution < 1.29 is 4.74 Å². The van der Waals surface area contributed by atoms with E-state index in [2.05, 4.69) is 29.8 Å². The predicted molar refractivity (Wildman–Crippen MR) is 67.1 cm³/mol. The van der Waals surface area contributed by atoms with Crippen molar-refractivity contribution in [2.75, 3.05) is 13.2 Å². The van der Waals surface area contributed by atoms with Crippen LogP contribution in [-0.2, 0) is 0 Å². The van der Waals surface area contributed by atoms with Crippen LogP contribution in [0.1, 0.15) is 20.3 Å². The van der Waals surface area contributed by atoms with Gasteiger partial charge < -0.3 is 10.5 Å². The van der Waals surface area contributed by atoms with E-state index in [-0.39, 0.29) is 5.41 Å². The maximum Gasteiger partial charge on any atom is 0.119 e. The van der Waals surface area contributed by atoms with Crippen molar-refractivity contribution >= 4 is 15.9 Å². The Labute approximate surface area is 99.9 Å². The highest BCUT2D eigenvalue weighted by molar-refractivity contribution is 9.10. The lowest BCUT2D eigenvalue weighted by Crippen LogP contribution is -2.25. The average Bonchev–Trinajstić information content (AvgIpc) is 2.21. The van der Waals surface area contributed by atoms with Crippen LogP contribution in [0.4, 0.5) is 0 Å². The molecule has 0 aromatic heterocycles. The Morgan fingerprint density at radius 3 is 2.40 bits per heavy atom. The predicted octanol–water partition coefficient (Wildman–Crippen LogP) is 3.20. The van der Waals surface area contributed by atoms with Crippen molar-refractivity contribution in [3.05, 3.63) is 28.7 Å². The van der Waals surface area contributed by atoms with Crippen LogP contribution in [0, 0.1) is 5.41 Å². The number of benzene rings is 1. The normalized spacial score (nSPS) is 11.5. The first-order valence-corrected chi connectivity index (χ1v) is 5.91. The molecule has 0 radical (unpaired) electrons. The van der Waals surface area contributed by atoms with Crippen molar-refractivity contribution in [1.82, 2.24) is 0 Å². The van der Waals surface area contributed by atoms with E-state index in [1.807, 2.05) is 24.3 Å². The van der Waals surface area contributed by atoms with Gasteiger partial charge in [0.1, 0.15) is 5.75 Å². The van der Waals surface area contributed by atoms with E-state index in [0.29, 0.717) is 13.2 Å². The van der Waals surface area contributed by atoms with Gasteiger partial charge in [-0.2, -0.15) is 0 Å². The molecule has 0 saturated carbocycles. The van der Waals surface area contributed by atoms with E-state index in [4.69, 9.17) is 10.5 Å². The minimum absolute atomic E-state index is 0.162. The summed E-state index contributed by atoms with van der Waals surface area (Å²) in [7, 11) is 0. The SMILES string of the molecule is CC(C)(CN)CCOc1ccc(Br)cc1. The van der Waals surface area contributed by atoms with Crippen molar-refractivity contribution in [3.8, 4) is 5.75 Å². The second-order valence-corrected chi connectivity index (χ2v) is 5.34. The number of hydrogen-bond donors (Lipinski definition) is 1. The topological polar surface area (TPSA) is 35.2 Å². The Morgan fingerprint density at radius 1 is 1.27 bits per heavy atom. The van der Waals surface area contributed by atoms with Crippen LogP contribution in [0.25, 0.3) is 0 Å². The van der Waals surface area contributed by atoms with Gasteiger partial charge in [-0.25, -0.2) is 0 Å². The maximum atomic E-state index is 5.64. The number of nitrogens with two attached hydrogens (primary N) is 1. The van der Waals surface area contributed by atoms with Gasteiger partial charge in [-0.1, -0.05) is 29.8 Å². The second-order valence-electron chi connectivity index (χ2n) is 4.42. The van der Waals surface area contributed by atoms with Crippen LogP contribution in [0.2, 0.25) is 0 Å². The minimum atomic E-state index is 0.162. The zero-order valence-corrected chi connectivity index (χ0v) is 10.9. The highest BCUT2D eigenvalue weighted by Gasteiger charge is 2.14. The molecule has 2 N–H and O–H groups in total. The van der Waals surface area contributed by atoms with Crippen molar-refractivity contribution in [1.29, 1.82) is 0 Å². The quantitative estimate of drug-likeness (QED) is 0.893. The summed E-state index contributed by atoms with van der Waals surface area (Å²) in [5, 5.41) is 0. The molecule has 1 rings (SSSR count). The van der Waals surface area contributed by atoms with Crippen LogP contribution >= 0.6 is 15.9 Å². The number of hydrogen-bond acceptors (Lipinski definition) is 2. The summed E-state index contributed by atoms with van der Waals surface area (Å²) in [6, 6.07) is 7.87. The number of ether oxygens (including phenoxy) is 1. The van der Waals surface area contributed by atoms with Crippen LogP contribution in [0.15, 0.2) is 28.7 Å². The molecule has 1 aromatic carbocycles. The third kappa shape index (κ3) is 4.67. The molecule has 0 saturated heterocycles. The summed E-state index contributed by atoms with van der Waals surface area (Å²) < 4.78 is 6.69. The monoisotopic (exact) mass is 271 g/mol. The van der Waals surface area contributed by atoms with E-state index in [1.54, 1.807) is 0 Å². The summed E-state index contributed by atoms with van der Waals surface area (Å²) >= 11 is 3.38. The molecule has 0 aliphatic carbocycles. The Morgan fingerprint density at radius 2 is 1.87 bits per heavy atom.